The lowest BCUT2D eigenvalue weighted by atomic mass is 10.0. The molecular weight excluding hydrogens is 364 g/mol. The van der Waals surface area contributed by atoms with Crippen LogP contribution in [-0.4, -0.2) is 67.1 Å². The maximum atomic E-state index is 12.3. The third kappa shape index (κ3) is 4.27. The van der Waals surface area contributed by atoms with Crippen molar-refractivity contribution >= 4 is 27.5 Å². The van der Waals surface area contributed by atoms with E-state index in [4.69, 9.17) is 16.3 Å². The number of rotatable bonds is 3. The van der Waals surface area contributed by atoms with Gasteiger partial charge in [0.05, 0.1) is 23.7 Å². The fourth-order valence-corrected chi connectivity index (χ4v) is 5.68. The van der Waals surface area contributed by atoms with Crippen LogP contribution < -0.4 is 0 Å². The fraction of sp³-hybridized carbons (Fsp3) is 0.588. The number of amides is 1. The standard InChI is InChI=1S/C17H23ClN2O4S/c1-12(2)24-17(21)20-8-7-19(9-13-3-5-14(18)6-4-13)15-10-25(22,23)11-16(15)20/h3-6,12,15-16H,7-11H2,1-2H3/t15-,16+/m1/s1. The number of benzene rings is 1. The molecule has 25 heavy (non-hydrogen) atoms. The molecule has 2 atom stereocenters. The number of ether oxygens (including phenoxy) is 1. The van der Waals surface area contributed by atoms with E-state index in [1.807, 2.05) is 24.3 Å². The van der Waals surface area contributed by atoms with Crippen LogP contribution in [0.2, 0.25) is 5.02 Å². The van der Waals surface area contributed by atoms with Gasteiger partial charge in [-0.05, 0) is 31.5 Å². The molecule has 0 aliphatic carbocycles. The van der Waals surface area contributed by atoms with E-state index in [1.54, 1.807) is 18.7 Å². The van der Waals surface area contributed by atoms with Crippen LogP contribution in [0.3, 0.4) is 0 Å². The number of nitrogens with zero attached hydrogens (tertiary/aromatic N) is 2. The Kier molecular flexibility index (Phi) is 5.27. The van der Waals surface area contributed by atoms with E-state index in [-0.39, 0.29) is 29.7 Å². The highest BCUT2D eigenvalue weighted by Gasteiger charge is 2.48. The zero-order valence-corrected chi connectivity index (χ0v) is 16.0. The molecule has 1 aromatic rings. The largest absolute Gasteiger partial charge is 0.447 e. The van der Waals surface area contributed by atoms with Crippen LogP contribution in [0.25, 0.3) is 0 Å². The zero-order chi connectivity index (χ0) is 18.2. The number of carbonyl (C=O) groups excluding carboxylic acids is 1. The summed E-state index contributed by atoms with van der Waals surface area (Å²) in [7, 11) is -3.17. The van der Waals surface area contributed by atoms with Crippen molar-refractivity contribution in [2.24, 2.45) is 0 Å². The van der Waals surface area contributed by atoms with Gasteiger partial charge in [0, 0.05) is 30.7 Å². The van der Waals surface area contributed by atoms with Crippen molar-refractivity contribution in [1.29, 1.82) is 0 Å². The Morgan fingerprint density at radius 2 is 1.84 bits per heavy atom. The number of carbonyl (C=O) groups is 1. The lowest BCUT2D eigenvalue weighted by molar-refractivity contribution is 0.0163. The highest BCUT2D eigenvalue weighted by atomic mass is 35.5. The van der Waals surface area contributed by atoms with E-state index in [1.165, 1.54) is 0 Å². The third-order valence-corrected chi connectivity index (χ3v) is 6.61. The molecule has 0 radical (unpaired) electrons. The molecule has 3 rings (SSSR count). The summed E-state index contributed by atoms with van der Waals surface area (Å²) in [6.45, 7) is 5.30. The molecule has 2 heterocycles. The third-order valence-electron chi connectivity index (χ3n) is 4.66. The minimum atomic E-state index is -3.17. The van der Waals surface area contributed by atoms with Gasteiger partial charge in [0.2, 0.25) is 0 Å². The van der Waals surface area contributed by atoms with Gasteiger partial charge in [-0.2, -0.15) is 0 Å². The molecule has 6 nitrogen and oxygen atoms in total. The molecule has 2 aliphatic heterocycles. The van der Waals surface area contributed by atoms with Crippen molar-refractivity contribution in [3.8, 4) is 0 Å². The van der Waals surface area contributed by atoms with Crippen LogP contribution in [0.5, 0.6) is 0 Å². The van der Waals surface area contributed by atoms with Crippen molar-refractivity contribution in [2.75, 3.05) is 24.6 Å². The Balaban J connectivity index is 1.78. The van der Waals surface area contributed by atoms with Gasteiger partial charge in [-0.1, -0.05) is 23.7 Å². The Bertz CT molecular complexity index is 736. The maximum Gasteiger partial charge on any atom is 0.410 e. The van der Waals surface area contributed by atoms with Gasteiger partial charge in [-0.15, -0.1) is 0 Å². The summed E-state index contributed by atoms with van der Waals surface area (Å²) in [5, 5.41) is 0.673. The number of piperazine rings is 1. The average molecular weight is 387 g/mol. The van der Waals surface area contributed by atoms with Gasteiger partial charge in [0.1, 0.15) is 0 Å². The first-order chi connectivity index (χ1) is 11.7. The average Bonchev–Trinajstić information content (AvgIpc) is 2.84. The molecule has 138 valence electrons. The number of halogens is 1. The first-order valence-electron chi connectivity index (χ1n) is 8.41. The van der Waals surface area contributed by atoms with Crippen LogP contribution in [0.4, 0.5) is 4.79 Å². The second-order valence-corrected chi connectivity index (χ2v) is 9.52. The molecule has 1 amide bonds. The van der Waals surface area contributed by atoms with Crippen LogP contribution in [-0.2, 0) is 21.1 Å². The predicted octanol–water partition coefficient (Wildman–Crippen LogP) is 2.17. The SMILES string of the molecule is CC(C)OC(=O)N1CCN(Cc2ccc(Cl)cc2)[C@@H]2CS(=O)(=O)C[C@@H]21. The molecule has 0 unspecified atom stereocenters. The second kappa shape index (κ2) is 7.13. The smallest absolute Gasteiger partial charge is 0.410 e. The number of hydrogen-bond acceptors (Lipinski definition) is 5. The van der Waals surface area contributed by atoms with Gasteiger partial charge in [0.25, 0.3) is 0 Å². The summed E-state index contributed by atoms with van der Waals surface area (Å²) in [5.74, 6) is 0.0820. The summed E-state index contributed by atoms with van der Waals surface area (Å²) >= 11 is 5.93. The summed E-state index contributed by atoms with van der Waals surface area (Å²) < 4.78 is 29.7. The van der Waals surface area contributed by atoms with Crippen molar-refractivity contribution in [3.63, 3.8) is 0 Å². The Labute approximate surface area is 153 Å². The zero-order valence-electron chi connectivity index (χ0n) is 14.4. The molecular formula is C17H23ClN2O4S. The quantitative estimate of drug-likeness (QED) is 0.796. The van der Waals surface area contributed by atoms with Gasteiger partial charge in [-0.3, -0.25) is 4.90 Å². The molecule has 0 N–H and O–H groups in total. The van der Waals surface area contributed by atoms with Gasteiger partial charge in [0.15, 0.2) is 9.84 Å². The molecule has 0 bridgehead atoms. The molecule has 2 fully saturated rings. The lowest BCUT2D eigenvalue weighted by Gasteiger charge is -2.43. The van der Waals surface area contributed by atoms with Crippen LogP contribution in [0, 0.1) is 0 Å². The topological polar surface area (TPSA) is 66.9 Å². The Hall–Kier alpha value is -1.31. The second-order valence-electron chi connectivity index (χ2n) is 6.93. The summed E-state index contributed by atoms with van der Waals surface area (Å²) in [6.07, 6.45) is -0.649. The van der Waals surface area contributed by atoms with Crippen LogP contribution in [0.1, 0.15) is 19.4 Å². The molecule has 1 aromatic carbocycles. The van der Waals surface area contributed by atoms with Gasteiger partial charge < -0.3 is 9.64 Å². The molecule has 0 saturated carbocycles. The monoisotopic (exact) mass is 386 g/mol. The predicted molar refractivity (Wildman–Crippen MR) is 96.4 cm³/mol. The highest BCUT2D eigenvalue weighted by molar-refractivity contribution is 7.91. The normalized spacial score (nSPS) is 25.8. The Morgan fingerprint density at radius 3 is 2.48 bits per heavy atom. The molecule has 2 aliphatic rings. The van der Waals surface area contributed by atoms with Crippen molar-refractivity contribution in [2.45, 2.75) is 38.6 Å². The fourth-order valence-electron chi connectivity index (χ4n) is 3.54. The molecule has 2 saturated heterocycles. The highest BCUT2D eigenvalue weighted by Crippen LogP contribution is 2.29. The summed E-state index contributed by atoms with van der Waals surface area (Å²) in [4.78, 5) is 16.1. The van der Waals surface area contributed by atoms with Gasteiger partial charge >= 0.3 is 6.09 Å². The van der Waals surface area contributed by atoms with Crippen molar-refractivity contribution < 1.29 is 17.9 Å². The van der Waals surface area contributed by atoms with E-state index in [0.717, 1.165) is 5.56 Å². The van der Waals surface area contributed by atoms with E-state index in [0.29, 0.717) is 24.7 Å². The van der Waals surface area contributed by atoms with E-state index < -0.39 is 15.9 Å². The summed E-state index contributed by atoms with van der Waals surface area (Å²) in [6, 6.07) is 7.00. The molecule has 0 spiro atoms. The first kappa shape index (κ1) is 18.5. The maximum absolute atomic E-state index is 12.3. The van der Waals surface area contributed by atoms with E-state index >= 15 is 0 Å². The minimum absolute atomic E-state index is 0.00196. The number of sulfone groups is 1. The van der Waals surface area contributed by atoms with E-state index in [2.05, 4.69) is 4.90 Å². The van der Waals surface area contributed by atoms with Crippen LogP contribution >= 0.6 is 11.6 Å². The van der Waals surface area contributed by atoms with E-state index in [9.17, 15) is 13.2 Å². The lowest BCUT2D eigenvalue weighted by Crippen LogP contribution is -2.60. The summed E-state index contributed by atoms with van der Waals surface area (Å²) in [5.41, 5.74) is 1.07. The van der Waals surface area contributed by atoms with Crippen LogP contribution in [0.15, 0.2) is 24.3 Å². The number of hydrogen-bond donors (Lipinski definition) is 0. The van der Waals surface area contributed by atoms with Gasteiger partial charge in [-0.25, -0.2) is 13.2 Å². The molecule has 8 heteroatoms. The first-order valence-corrected chi connectivity index (χ1v) is 10.6. The van der Waals surface area contributed by atoms with Crippen molar-refractivity contribution in [1.82, 2.24) is 9.80 Å². The van der Waals surface area contributed by atoms with Crippen molar-refractivity contribution in [3.05, 3.63) is 34.9 Å². The minimum Gasteiger partial charge on any atom is -0.447 e. The Morgan fingerprint density at radius 1 is 1.20 bits per heavy atom. The molecule has 0 aromatic heterocycles. The number of fused-ring (bicyclic) bond motifs is 1.